The highest BCUT2D eigenvalue weighted by Crippen LogP contribution is 2.23. The highest BCUT2D eigenvalue weighted by molar-refractivity contribution is 7.10. The van der Waals surface area contributed by atoms with Crippen LogP contribution in [0.15, 0.2) is 17.5 Å². The van der Waals surface area contributed by atoms with Gasteiger partial charge < -0.3 is 15.1 Å². The predicted octanol–water partition coefficient (Wildman–Crippen LogP) is 0.945. The Morgan fingerprint density at radius 1 is 1.60 bits per heavy atom. The highest BCUT2D eigenvalue weighted by Gasteiger charge is 2.32. The van der Waals surface area contributed by atoms with Gasteiger partial charge in [-0.3, -0.25) is 9.59 Å². The van der Waals surface area contributed by atoms with Crippen LogP contribution in [0.25, 0.3) is 0 Å². The molecule has 5 nitrogen and oxygen atoms in total. The summed E-state index contributed by atoms with van der Waals surface area (Å²) in [5, 5.41) is 5.02. The predicted molar refractivity (Wildman–Crippen MR) is 79.5 cm³/mol. The van der Waals surface area contributed by atoms with E-state index in [9.17, 15) is 9.59 Å². The lowest BCUT2D eigenvalue weighted by Gasteiger charge is -2.24. The molecule has 0 bridgehead atoms. The van der Waals surface area contributed by atoms with E-state index >= 15 is 0 Å². The number of nitrogens with one attached hydrogen (secondary N) is 1. The standard InChI is InChI=1S/C14H21N3O2S/c1-16(2)11(12-5-4-6-20-12)8-15-14(19)10-7-13(18)17(3)9-10/h4-6,10-11H,7-9H2,1-3H3,(H,15,19)/t10-,11-/m1/s1. The van der Waals surface area contributed by atoms with Crippen LogP contribution in [0.3, 0.4) is 0 Å². The molecule has 1 aliphatic heterocycles. The number of hydrogen-bond donors (Lipinski definition) is 1. The molecule has 1 N–H and O–H groups in total. The summed E-state index contributed by atoms with van der Waals surface area (Å²) in [5.74, 6) is -0.183. The Balaban J connectivity index is 1.90. The average molecular weight is 295 g/mol. The van der Waals surface area contributed by atoms with Gasteiger partial charge >= 0.3 is 0 Å². The fourth-order valence-electron chi connectivity index (χ4n) is 2.40. The molecule has 0 unspecified atom stereocenters. The average Bonchev–Trinajstić information content (AvgIpc) is 3.00. The van der Waals surface area contributed by atoms with Gasteiger partial charge in [-0.15, -0.1) is 11.3 Å². The van der Waals surface area contributed by atoms with E-state index in [0.717, 1.165) is 0 Å². The van der Waals surface area contributed by atoms with E-state index in [-0.39, 0.29) is 23.8 Å². The normalized spacial score (nSPS) is 20.5. The van der Waals surface area contributed by atoms with Gasteiger partial charge in [0.2, 0.25) is 11.8 Å². The van der Waals surface area contributed by atoms with Gasteiger partial charge in [-0.2, -0.15) is 0 Å². The lowest BCUT2D eigenvalue weighted by molar-refractivity contribution is -0.128. The second-order valence-electron chi connectivity index (χ2n) is 5.42. The van der Waals surface area contributed by atoms with Crippen molar-refractivity contribution >= 4 is 23.2 Å². The molecular formula is C14H21N3O2S. The first-order valence-corrected chi connectivity index (χ1v) is 7.58. The van der Waals surface area contributed by atoms with Gasteiger partial charge in [0.1, 0.15) is 0 Å². The highest BCUT2D eigenvalue weighted by atomic mass is 32.1. The van der Waals surface area contributed by atoms with E-state index in [4.69, 9.17) is 0 Å². The molecule has 2 rings (SSSR count). The van der Waals surface area contributed by atoms with Crippen molar-refractivity contribution in [3.05, 3.63) is 22.4 Å². The Hall–Kier alpha value is -1.40. The Bertz CT molecular complexity index is 473. The van der Waals surface area contributed by atoms with E-state index < -0.39 is 0 Å². The minimum atomic E-state index is -0.210. The molecule has 1 fully saturated rings. The lowest BCUT2D eigenvalue weighted by atomic mass is 10.1. The minimum Gasteiger partial charge on any atom is -0.354 e. The Labute approximate surface area is 123 Å². The van der Waals surface area contributed by atoms with Gasteiger partial charge in [0.05, 0.1) is 12.0 Å². The minimum absolute atomic E-state index is 0.0221. The first-order valence-electron chi connectivity index (χ1n) is 6.70. The Morgan fingerprint density at radius 2 is 2.35 bits per heavy atom. The summed E-state index contributed by atoms with van der Waals surface area (Å²) in [4.78, 5) is 28.5. The van der Waals surface area contributed by atoms with Crippen molar-refractivity contribution < 1.29 is 9.59 Å². The number of amides is 2. The van der Waals surface area contributed by atoms with E-state index in [1.54, 1.807) is 23.3 Å². The first kappa shape index (κ1) is 15.0. The third kappa shape index (κ3) is 3.37. The van der Waals surface area contributed by atoms with Crippen LogP contribution in [0.2, 0.25) is 0 Å². The number of thiophene rings is 1. The maximum atomic E-state index is 12.1. The molecule has 1 saturated heterocycles. The fraction of sp³-hybridized carbons (Fsp3) is 0.571. The van der Waals surface area contributed by atoms with Crippen LogP contribution in [-0.2, 0) is 9.59 Å². The topological polar surface area (TPSA) is 52.7 Å². The van der Waals surface area contributed by atoms with Gasteiger partial charge in [0.15, 0.2) is 0 Å². The van der Waals surface area contributed by atoms with Crippen molar-refractivity contribution in [2.24, 2.45) is 5.92 Å². The number of carbonyl (C=O) groups excluding carboxylic acids is 2. The summed E-state index contributed by atoms with van der Waals surface area (Å²) in [6.07, 6.45) is 0.327. The van der Waals surface area contributed by atoms with Crippen molar-refractivity contribution in [2.75, 3.05) is 34.2 Å². The maximum Gasteiger partial charge on any atom is 0.225 e. The Kier molecular flexibility index (Phi) is 4.77. The number of nitrogens with zero attached hydrogens (tertiary/aromatic N) is 2. The molecule has 2 amide bonds. The molecule has 2 heterocycles. The molecule has 1 aromatic heterocycles. The third-order valence-electron chi connectivity index (χ3n) is 3.68. The molecule has 110 valence electrons. The van der Waals surface area contributed by atoms with E-state index in [1.165, 1.54) is 4.88 Å². The molecule has 1 aromatic rings. The molecule has 0 aromatic carbocycles. The largest absolute Gasteiger partial charge is 0.354 e. The number of likely N-dealkylation sites (N-methyl/N-ethyl adjacent to an activating group) is 1. The first-order chi connectivity index (χ1) is 9.49. The molecule has 1 aliphatic rings. The second-order valence-corrected chi connectivity index (χ2v) is 6.39. The zero-order valence-electron chi connectivity index (χ0n) is 12.1. The van der Waals surface area contributed by atoms with Crippen LogP contribution >= 0.6 is 11.3 Å². The summed E-state index contributed by atoms with van der Waals surface area (Å²) < 4.78 is 0. The van der Waals surface area contributed by atoms with Crippen molar-refractivity contribution in [1.29, 1.82) is 0 Å². The van der Waals surface area contributed by atoms with E-state index in [1.807, 2.05) is 25.5 Å². The quantitative estimate of drug-likeness (QED) is 0.880. The van der Waals surface area contributed by atoms with Crippen molar-refractivity contribution in [3.63, 3.8) is 0 Å². The zero-order valence-corrected chi connectivity index (χ0v) is 12.9. The molecule has 0 aliphatic carbocycles. The van der Waals surface area contributed by atoms with Crippen molar-refractivity contribution in [3.8, 4) is 0 Å². The number of likely N-dealkylation sites (tertiary alicyclic amines) is 1. The molecule has 6 heteroatoms. The van der Waals surface area contributed by atoms with Crippen LogP contribution in [0.1, 0.15) is 17.3 Å². The summed E-state index contributed by atoms with van der Waals surface area (Å²) in [7, 11) is 5.75. The lowest BCUT2D eigenvalue weighted by Crippen LogP contribution is -2.38. The number of carbonyl (C=O) groups is 2. The van der Waals surface area contributed by atoms with Crippen LogP contribution in [0.4, 0.5) is 0 Å². The monoisotopic (exact) mass is 295 g/mol. The van der Waals surface area contributed by atoms with Gasteiger partial charge in [0, 0.05) is 31.4 Å². The van der Waals surface area contributed by atoms with Crippen molar-refractivity contribution in [1.82, 2.24) is 15.1 Å². The second kappa shape index (κ2) is 6.37. The maximum absolute atomic E-state index is 12.1. The summed E-state index contributed by atoms with van der Waals surface area (Å²) in [6.45, 7) is 1.09. The van der Waals surface area contributed by atoms with Crippen LogP contribution in [-0.4, -0.2) is 55.8 Å². The van der Waals surface area contributed by atoms with E-state index in [2.05, 4.69) is 16.3 Å². The van der Waals surface area contributed by atoms with Crippen LogP contribution < -0.4 is 5.32 Å². The van der Waals surface area contributed by atoms with Crippen LogP contribution in [0, 0.1) is 5.92 Å². The van der Waals surface area contributed by atoms with Crippen molar-refractivity contribution in [2.45, 2.75) is 12.5 Å². The van der Waals surface area contributed by atoms with E-state index in [0.29, 0.717) is 19.5 Å². The molecule has 0 spiro atoms. The fourth-order valence-corrected chi connectivity index (χ4v) is 3.32. The van der Waals surface area contributed by atoms with Gasteiger partial charge in [0.25, 0.3) is 0 Å². The SMILES string of the molecule is CN1C[C@H](C(=O)NC[C@H](c2cccs2)N(C)C)CC1=O. The number of hydrogen-bond acceptors (Lipinski definition) is 4. The van der Waals surface area contributed by atoms with Crippen LogP contribution in [0.5, 0.6) is 0 Å². The summed E-state index contributed by atoms with van der Waals surface area (Å²) >= 11 is 1.69. The molecule has 20 heavy (non-hydrogen) atoms. The smallest absolute Gasteiger partial charge is 0.225 e. The van der Waals surface area contributed by atoms with Gasteiger partial charge in [-0.1, -0.05) is 6.07 Å². The van der Waals surface area contributed by atoms with Gasteiger partial charge in [-0.25, -0.2) is 0 Å². The third-order valence-corrected chi connectivity index (χ3v) is 4.65. The summed E-state index contributed by atoms with van der Waals surface area (Å²) in [6, 6.07) is 4.27. The molecule has 0 saturated carbocycles. The number of rotatable bonds is 5. The zero-order chi connectivity index (χ0) is 14.7. The summed E-state index contributed by atoms with van der Waals surface area (Å²) in [5.41, 5.74) is 0. The van der Waals surface area contributed by atoms with Gasteiger partial charge in [-0.05, 0) is 25.5 Å². The molecule has 0 radical (unpaired) electrons. The Morgan fingerprint density at radius 3 is 2.85 bits per heavy atom. The molecular weight excluding hydrogens is 274 g/mol. The molecule has 2 atom stereocenters.